The maximum absolute atomic E-state index is 13.0. The van der Waals surface area contributed by atoms with Crippen molar-refractivity contribution < 1.29 is 28.7 Å². The Labute approximate surface area is 223 Å². The Kier molecular flexibility index (Phi) is 13.7. The molecule has 1 fully saturated rings. The van der Waals surface area contributed by atoms with Crippen LogP contribution in [-0.4, -0.2) is 65.3 Å². The van der Waals surface area contributed by atoms with Gasteiger partial charge in [0.05, 0.1) is 6.42 Å². The van der Waals surface area contributed by atoms with E-state index in [1.54, 1.807) is 46.8 Å². The molecule has 10 nitrogen and oxygen atoms in total. The highest BCUT2D eigenvalue weighted by Crippen LogP contribution is 2.12. The fraction of sp³-hybridized carbons (Fsp3) is 0.625. The third kappa shape index (κ3) is 9.88. The first-order valence-electron chi connectivity index (χ1n) is 11.9. The maximum Gasteiger partial charge on any atom is 0.329 e. The molecule has 36 heavy (non-hydrogen) atoms. The molecule has 4 unspecified atom stereocenters. The number of carbonyl (C=O) groups is 5. The SMILES string of the molecule is C/C=C1/NC(=O)C(CS)NC(=O)C(C(C)C)NC(=O)CC(/C=C/CCS)OC(=O)C(C(C)C)NC1=O. The van der Waals surface area contributed by atoms with Gasteiger partial charge in [-0.3, -0.25) is 19.2 Å². The van der Waals surface area contributed by atoms with Crippen LogP contribution in [-0.2, 0) is 28.7 Å². The molecule has 0 radical (unpaired) electrons. The van der Waals surface area contributed by atoms with Gasteiger partial charge in [0.25, 0.3) is 5.91 Å². The zero-order valence-corrected chi connectivity index (χ0v) is 23.2. The van der Waals surface area contributed by atoms with Crippen molar-refractivity contribution in [2.75, 3.05) is 11.5 Å². The summed E-state index contributed by atoms with van der Waals surface area (Å²) in [5.74, 6) is -3.32. The van der Waals surface area contributed by atoms with Crippen molar-refractivity contribution in [3.63, 3.8) is 0 Å². The predicted molar refractivity (Wildman–Crippen MR) is 143 cm³/mol. The van der Waals surface area contributed by atoms with Crippen molar-refractivity contribution >= 4 is 54.9 Å². The molecule has 1 heterocycles. The molecule has 202 valence electrons. The Morgan fingerprint density at radius 1 is 0.944 bits per heavy atom. The van der Waals surface area contributed by atoms with Gasteiger partial charge in [0.1, 0.15) is 29.9 Å². The lowest BCUT2D eigenvalue weighted by molar-refractivity contribution is -0.153. The van der Waals surface area contributed by atoms with Crippen molar-refractivity contribution in [2.45, 2.75) is 71.7 Å². The summed E-state index contributed by atoms with van der Waals surface area (Å²) in [7, 11) is 0. The number of rotatable bonds is 6. The van der Waals surface area contributed by atoms with Crippen LogP contribution in [0.4, 0.5) is 0 Å². The summed E-state index contributed by atoms with van der Waals surface area (Å²) in [6, 6.07) is -3.06. The fourth-order valence-corrected chi connectivity index (χ4v) is 3.70. The highest BCUT2D eigenvalue weighted by molar-refractivity contribution is 7.80. The monoisotopic (exact) mass is 542 g/mol. The second-order valence-electron chi connectivity index (χ2n) is 9.04. The van der Waals surface area contributed by atoms with Crippen LogP contribution in [0.25, 0.3) is 0 Å². The second-order valence-corrected chi connectivity index (χ2v) is 9.85. The van der Waals surface area contributed by atoms with Crippen molar-refractivity contribution in [1.82, 2.24) is 21.3 Å². The van der Waals surface area contributed by atoms with E-state index in [2.05, 4.69) is 46.5 Å². The zero-order valence-electron chi connectivity index (χ0n) is 21.4. The lowest BCUT2D eigenvalue weighted by Gasteiger charge is -2.27. The van der Waals surface area contributed by atoms with Crippen molar-refractivity contribution in [2.24, 2.45) is 11.8 Å². The van der Waals surface area contributed by atoms with Crippen molar-refractivity contribution in [1.29, 1.82) is 0 Å². The van der Waals surface area contributed by atoms with Crippen LogP contribution in [0.3, 0.4) is 0 Å². The molecule has 4 atom stereocenters. The quantitative estimate of drug-likeness (QED) is 0.127. The Hall–Kier alpha value is -2.47. The molecule has 1 aliphatic rings. The smallest absolute Gasteiger partial charge is 0.329 e. The summed E-state index contributed by atoms with van der Waals surface area (Å²) in [5, 5.41) is 10.3. The molecule has 0 spiro atoms. The predicted octanol–water partition coefficient (Wildman–Crippen LogP) is 0.894. The van der Waals surface area contributed by atoms with E-state index in [4.69, 9.17) is 4.74 Å². The first-order chi connectivity index (χ1) is 16.9. The molecule has 4 amide bonds. The number of hydrogen-bond donors (Lipinski definition) is 6. The van der Waals surface area contributed by atoms with Crippen LogP contribution in [0.15, 0.2) is 23.9 Å². The van der Waals surface area contributed by atoms with Gasteiger partial charge in [-0.1, -0.05) is 39.8 Å². The molecule has 0 aliphatic carbocycles. The normalized spacial score (nSPS) is 26.6. The molecule has 1 rings (SSSR count). The van der Waals surface area contributed by atoms with E-state index in [0.29, 0.717) is 12.2 Å². The minimum Gasteiger partial charge on any atom is -0.456 e. The molecular weight excluding hydrogens is 504 g/mol. The molecule has 0 bridgehead atoms. The van der Waals surface area contributed by atoms with Gasteiger partial charge in [0, 0.05) is 5.75 Å². The van der Waals surface area contributed by atoms with Gasteiger partial charge in [-0.2, -0.15) is 25.3 Å². The topological polar surface area (TPSA) is 143 Å². The van der Waals surface area contributed by atoms with Gasteiger partial charge in [-0.15, -0.1) is 0 Å². The highest BCUT2D eigenvalue weighted by atomic mass is 32.1. The highest BCUT2D eigenvalue weighted by Gasteiger charge is 2.33. The fourth-order valence-electron chi connectivity index (χ4n) is 3.30. The van der Waals surface area contributed by atoms with E-state index in [0.717, 1.165) is 0 Å². The van der Waals surface area contributed by atoms with Gasteiger partial charge in [0.15, 0.2) is 0 Å². The number of hydrogen-bond acceptors (Lipinski definition) is 8. The Balaban J connectivity index is 3.43. The Morgan fingerprint density at radius 2 is 1.58 bits per heavy atom. The van der Waals surface area contributed by atoms with Gasteiger partial charge < -0.3 is 26.0 Å². The van der Waals surface area contributed by atoms with E-state index in [-0.39, 0.29) is 29.7 Å². The summed E-state index contributed by atoms with van der Waals surface area (Å²) in [5.41, 5.74) is -0.0921. The molecule has 0 aromatic heterocycles. The maximum atomic E-state index is 13.0. The van der Waals surface area contributed by atoms with Gasteiger partial charge >= 0.3 is 5.97 Å². The second kappa shape index (κ2) is 15.6. The van der Waals surface area contributed by atoms with Crippen LogP contribution >= 0.6 is 25.3 Å². The summed E-state index contributed by atoms with van der Waals surface area (Å²) >= 11 is 8.31. The number of nitrogens with one attached hydrogen (secondary N) is 4. The third-order valence-electron chi connectivity index (χ3n) is 5.38. The van der Waals surface area contributed by atoms with Gasteiger partial charge in [-0.05, 0) is 37.0 Å². The van der Waals surface area contributed by atoms with Crippen LogP contribution in [0.1, 0.15) is 47.5 Å². The first-order valence-corrected chi connectivity index (χ1v) is 13.2. The number of esters is 1. The molecule has 1 aliphatic heterocycles. The van der Waals surface area contributed by atoms with E-state index in [9.17, 15) is 24.0 Å². The summed E-state index contributed by atoms with van der Waals surface area (Å²) in [6.07, 6.45) is 4.16. The molecule has 12 heteroatoms. The number of carbonyl (C=O) groups excluding carboxylic acids is 5. The standard InChI is InChI=1S/C24H38N4O6S2/c1-6-16-21(30)28-20(14(4)5)24(33)34-15(9-7-8-10-35)11-18(29)27-19(13(2)3)23(32)26-17(12-36)22(31)25-16/h6-7,9,13-15,17,19-20,35-36H,8,10-12H2,1-5H3,(H,25,31)(H,26,32)(H,27,29)(H,28,30)/b9-7+,16-6+. The van der Waals surface area contributed by atoms with Crippen LogP contribution in [0.2, 0.25) is 0 Å². The number of cyclic esters (lactones) is 1. The van der Waals surface area contributed by atoms with E-state index >= 15 is 0 Å². The molecule has 0 aromatic rings. The minimum absolute atomic E-state index is 0.0477. The lowest BCUT2D eigenvalue weighted by Crippen LogP contribution is -2.57. The van der Waals surface area contributed by atoms with E-state index in [1.165, 1.54) is 6.08 Å². The molecule has 4 N–H and O–H groups in total. The Morgan fingerprint density at radius 3 is 2.11 bits per heavy atom. The van der Waals surface area contributed by atoms with E-state index < -0.39 is 53.8 Å². The van der Waals surface area contributed by atoms with Crippen molar-refractivity contribution in [3.8, 4) is 0 Å². The number of thiol groups is 2. The minimum atomic E-state index is -1.07. The lowest BCUT2D eigenvalue weighted by atomic mass is 10.0. The van der Waals surface area contributed by atoms with Gasteiger partial charge in [0.2, 0.25) is 17.7 Å². The average molecular weight is 543 g/mol. The number of ether oxygens (including phenoxy) is 1. The van der Waals surface area contributed by atoms with Crippen molar-refractivity contribution in [3.05, 3.63) is 23.9 Å². The molecular formula is C24H38N4O6S2. The Bertz CT molecular complexity index is 875. The van der Waals surface area contributed by atoms with Crippen LogP contribution in [0.5, 0.6) is 0 Å². The summed E-state index contributed by atoms with van der Waals surface area (Å²) < 4.78 is 5.59. The third-order valence-corrected chi connectivity index (χ3v) is 6.00. The van der Waals surface area contributed by atoms with Crippen LogP contribution < -0.4 is 21.3 Å². The number of allylic oxidation sites excluding steroid dienone is 2. The van der Waals surface area contributed by atoms with E-state index in [1.807, 2.05) is 0 Å². The summed E-state index contributed by atoms with van der Waals surface area (Å²) in [6.45, 7) is 8.51. The zero-order chi connectivity index (χ0) is 27.4. The molecule has 1 saturated heterocycles. The largest absolute Gasteiger partial charge is 0.456 e. The molecule has 0 aromatic carbocycles. The number of amides is 4. The summed E-state index contributed by atoms with van der Waals surface area (Å²) in [4.78, 5) is 64.5. The average Bonchev–Trinajstić information content (AvgIpc) is 2.81. The first kappa shape index (κ1) is 31.6. The van der Waals surface area contributed by atoms with Gasteiger partial charge in [-0.25, -0.2) is 4.79 Å². The van der Waals surface area contributed by atoms with Crippen LogP contribution in [0, 0.1) is 11.8 Å². The molecule has 0 saturated carbocycles.